The molecule has 18 heavy (non-hydrogen) atoms. The van der Waals surface area contributed by atoms with Crippen LogP contribution in [-0.4, -0.2) is 31.5 Å². The number of aliphatic hydroxyl groups is 1. The van der Waals surface area contributed by atoms with Crippen molar-refractivity contribution in [3.05, 3.63) is 21.4 Å². The first-order valence-electron chi connectivity index (χ1n) is 6.43. The van der Waals surface area contributed by atoms with E-state index in [0.717, 1.165) is 0 Å². The summed E-state index contributed by atoms with van der Waals surface area (Å²) in [5, 5.41) is 13.2. The number of aliphatic hydroxyl groups excluding tert-OH is 1. The Morgan fingerprint density at radius 2 is 2.06 bits per heavy atom. The molecule has 0 spiro atoms. The number of thiophene rings is 1. The highest BCUT2D eigenvalue weighted by Crippen LogP contribution is 2.30. The van der Waals surface area contributed by atoms with E-state index < -0.39 is 6.10 Å². The fourth-order valence-electron chi connectivity index (χ4n) is 2.18. The first-order chi connectivity index (χ1) is 8.45. The summed E-state index contributed by atoms with van der Waals surface area (Å²) in [4.78, 5) is 2.70. The number of nitrogens with one attached hydrogen (secondary N) is 1. The second-order valence-electron chi connectivity index (χ2n) is 5.11. The number of hydrogen-bond donors (Lipinski definition) is 2. The molecule has 0 aromatic carbocycles. The van der Waals surface area contributed by atoms with Crippen LogP contribution in [0.15, 0.2) is 6.07 Å². The third kappa shape index (κ3) is 4.35. The predicted molar refractivity (Wildman–Crippen MR) is 77.3 cm³/mol. The second-order valence-corrected chi connectivity index (χ2v) is 6.57. The molecule has 2 N–H and O–H groups in total. The van der Waals surface area contributed by atoms with Gasteiger partial charge in [-0.25, -0.2) is 0 Å². The van der Waals surface area contributed by atoms with Crippen molar-refractivity contribution in [1.29, 1.82) is 0 Å². The van der Waals surface area contributed by atoms with Crippen molar-refractivity contribution < 1.29 is 9.84 Å². The van der Waals surface area contributed by atoms with Crippen LogP contribution in [0.25, 0.3) is 0 Å². The van der Waals surface area contributed by atoms with Gasteiger partial charge in [0.2, 0.25) is 0 Å². The zero-order chi connectivity index (χ0) is 13.7. The summed E-state index contributed by atoms with van der Waals surface area (Å²) in [5.41, 5.74) is 1.36. The molecule has 1 aromatic rings. The highest BCUT2D eigenvalue weighted by Gasteiger charge is 2.20. The molecule has 1 heterocycles. The first kappa shape index (κ1) is 15.6. The van der Waals surface area contributed by atoms with Crippen molar-refractivity contribution in [2.45, 2.75) is 39.8 Å². The SMILES string of the molecule is COCC(O)CNC(c1cc(C)sc1C)C(C)C. The van der Waals surface area contributed by atoms with Crippen LogP contribution in [-0.2, 0) is 4.74 Å². The summed E-state index contributed by atoms with van der Waals surface area (Å²) in [6.45, 7) is 9.64. The number of rotatable bonds is 7. The van der Waals surface area contributed by atoms with E-state index in [0.29, 0.717) is 25.1 Å². The summed E-state index contributed by atoms with van der Waals surface area (Å²) in [6, 6.07) is 2.54. The summed E-state index contributed by atoms with van der Waals surface area (Å²) in [5.74, 6) is 0.493. The van der Waals surface area contributed by atoms with Crippen molar-refractivity contribution in [2.24, 2.45) is 5.92 Å². The zero-order valence-corrected chi connectivity index (χ0v) is 12.8. The molecule has 2 unspecified atom stereocenters. The Balaban J connectivity index is 2.69. The van der Waals surface area contributed by atoms with E-state index in [-0.39, 0.29) is 0 Å². The molecule has 3 nitrogen and oxygen atoms in total. The minimum absolute atomic E-state index is 0.293. The molecular weight excluding hydrogens is 246 g/mol. The maximum atomic E-state index is 9.72. The zero-order valence-electron chi connectivity index (χ0n) is 12.0. The van der Waals surface area contributed by atoms with Crippen LogP contribution in [0.3, 0.4) is 0 Å². The molecule has 0 fully saturated rings. The highest BCUT2D eigenvalue weighted by atomic mass is 32.1. The Kier molecular flexibility index (Phi) is 6.29. The van der Waals surface area contributed by atoms with Crippen LogP contribution in [0, 0.1) is 19.8 Å². The molecule has 0 saturated heterocycles. The fraction of sp³-hybridized carbons (Fsp3) is 0.714. The van der Waals surface area contributed by atoms with Gasteiger partial charge in [-0.1, -0.05) is 13.8 Å². The predicted octanol–water partition coefficient (Wildman–Crippen LogP) is 2.66. The Bertz CT molecular complexity index is 363. The van der Waals surface area contributed by atoms with Crippen molar-refractivity contribution >= 4 is 11.3 Å². The number of methoxy groups -OCH3 is 1. The summed E-state index contributed by atoms with van der Waals surface area (Å²) < 4.78 is 4.94. The maximum Gasteiger partial charge on any atom is 0.0897 e. The van der Waals surface area contributed by atoms with Crippen molar-refractivity contribution in [3.63, 3.8) is 0 Å². The van der Waals surface area contributed by atoms with Gasteiger partial charge >= 0.3 is 0 Å². The molecular formula is C14H25NO2S. The van der Waals surface area contributed by atoms with Gasteiger partial charge in [-0.15, -0.1) is 11.3 Å². The van der Waals surface area contributed by atoms with E-state index in [4.69, 9.17) is 4.74 Å². The molecule has 1 aromatic heterocycles. The standard InChI is InChI=1S/C14H25NO2S/c1-9(2)14(15-7-12(16)8-17-5)13-6-10(3)18-11(13)4/h6,9,12,14-16H,7-8H2,1-5H3. The lowest BCUT2D eigenvalue weighted by atomic mass is 9.96. The third-order valence-electron chi connectivity index (χ3n) is 3.01. The molecule has 0 aliphatic carbocycles. The van der Waals surface area contributed by atoms with E-state index in [2.05, 4.69) is 39.1 Å². The molecule has 0 radical (unpaired) electrons. The van der Waals surface area contributed by atoms with Crippen LogP contribution in [0.2, 0.25) is 0 Å². The van der Waals surface area contributed by atoms with Crippen molar-refractivity contribution in [2.75, 3.05) is 20.3 Å². The van der Waals surface area contributed by atoms with Gasteiger partial charge in [-0.2, -0.15) is 0 Å². The molecule has 4 heteroatoms. The minimum Gasteiger partial charge on any atom is -0.389 e. The summed E-state index contributed by atoms with van der Waals surface area (Å²) >= 11 is 1.83. The monoisotopic (exact) mass is 271 g/mol. The lowest BCUT2D eigenvalue weighted by Crippen LogP contribution is -2.35. The van der Waals surface area contributed by atoms with Crippen LogP contribution >= 0.6 is 11.3 Å². The number of hydrogen-bond acceptors (Lipinski definition) is 4. The van der Waals surface area contributed by atoms with Gasteiger partial charge in [0.15, 0.2) is 0 Å². The molecule has 0 bridgehead atoms. The molecule has 0 amide bonds. The Morgan fingerprint density at radius 3 is 2.50 bits per heavy atom. The molecule has 1 rings (SSSR count). The quantitative estimate of drug-likeness (QED) is 0.801. The van der Waals surface area contributed by atoms with E-state index >= 15 is 0 Å². The highest BCUT2D eigenvalue weighted by molar-refractivity contribution is 7.12. The topological polar surface area (TPSA) is 41.5 Å². The van der Waals surface area contributed by atoms with Crippen LogP contribution < -0.4 is 5.32 Å². The lowest BCUT2D eigenvalue weighted by Gasteiger charge is -2.24. The molecule has 0 saturated carbocycles. The third-order valence-corrected chi connectivity index (χ3v) is 4.00. The minimum atomic E-state index is -0.448. The van der Waals surface area contributed by atoms with Gasteiger partial charge in [0.1, 0.15) is 0 Å². The Labute approximate surface area is 114 Å². The average Bonchev–Trinajstić information content (AvgIpc) is 2.58. The van der Waals surface area contributed by atoms with Gasteiger partial charge in [-0.3, -0.25) is 0 Å². The Hall–Kier alpha value is -0.420. The van der Waals surface area contributed by atoms with Gasteiger partial charge < -0.3 is 15.2 Å². The Morgan fingerprint density at radius 1 is 1.39 bits per heavy atom. The van der Waals surface area contributed by atoms with E-state index in [9.17, 15) is 5.11 Å². The fourth-order valence-corrected chi connectivity index (χ4v) is 3.15. The van der Waals surface area contributed by atoms with Crippen LogP contribution in [0.5, 0.6) is 0 Å². The van der Waals surface area contributed by atoms with E-state index in [1.54, 1.807) is 7.11 Å². The largest absolute Gasteiger partial charge is 0.389 e. The first-order valence-corrected chi connectivity index (χ1v) is 7.24. The van der Waals surface area contributed by atoms with Crippen LogP contribution in [0.4, 0.5) is 0 Å². The van der Waals surface area contributed by atoms with Crippen LogP contribution in [0.1, 0.15) is 35.2 Å². The van der Waals surface area contributed by atoms with Crippen molar-refractivity contribution in [1.82, 2.24) is 5.32 Å². The molecule has 104 valence electrons. The molecule has 2 atom stereocenters. The second kappa shape index (κ2) is 7.24. The van der Waals surface area contributed by atoms with Gasteiger partial charge in [0.25, 0.3) is 0 Å². The molecule has 0 aliphatic heterocycles. The average molecular weight is 271 g/mol. The smallest absolute Gasteiger partial charge is 0.0897 e. The van der Waals surface area contributed by atoms with Crippen molar-refractivity contribution in [3.8, 4) is 0 Å². The van der Waals surface area contributed by atoms with E-state index in [1.807, 2.05) is 11.3 Å². The summed E-state index contributed by atoms with van der Waals surface area (Å²) in [6.07, 6.45) is -0.448. The van der Waals surface area contributed by atoms with Gasteiger partial charge in [0.05, 0.1) is 12.7 Å². The van der Waals surface area contributed by atoms with Gasteiger partial charge in [-0.05, 0) is 31.4 Å². The number of aryl methyl sites for hydroxylation is 2. The lowest BCUT2D eigenvalue weighted by molar-refractivity contribution is 0.0615. The molecule has 0 aliphatic rings. The maximum absolute atomic E-state index is 9.72. The normalized spacial score (nSPS) is 15.1. The number of ether oxygens (including phenoxy) is 1. The van der Waals surface area contributed by atoms with E-state index in [1.165, 1.54) is 15.3 Å². The van der Waals surface area contributed by atoms with Gasteiger partial charge in [0, 0.05) is 29.5 Å². The summed E-state index contributed by atoms with van der Waals surface area (Å²) in [7, 11) is 1.61.